The lowest BCUT2D eigenvalue weighted by Gasteiger charge is -2.15. The molecule has 8 rings (SSSR count). The van der Waals surface area contributed by atoms with Gasteiger partial charge in [-0.05, 0) is 95.3 Å². The summed E-state index contributed by atoms with van der Waals surface area (Å²) in [5.41, 5.74) is -0.845. The largest absolute Gasteiger partial charge is 0.505 e. The van der Waals surface area contributed by atoms with E-state index in [2.05, 4.69) is 86.7 Å². The van der Waals surface area contributed by atoms with Gasteiger partial charge in [0.1, 0.15) is 26.1 Å². The SMILES string of the molecule is O=S(=O)(O)c1cccc(Nc2nc(Cl)nc(Nc3cc(Nc4nc(Cl)nc(Nc5cc(S)cc6cc(S)c(/N=N\c7ccc8c(S(=O)(=O)O)cccc8c7S(=O)(=O)O)c(O)c56)n4)ccc3S(=O)(=O)O)n2)c1. The van der Waals surface area contributed by atoms with Crippen LogP contribution in [0.5, 0.6) is 5.75 Å². The number of phenolic OH excluding ortho intramolecular Hbond substituents is 1. The molecule has 0 radical (unpaired) electrons. The first-order chi connectivity index (χ1) is 33.2. The lowest BCUT2D eigenvalue weighted by atomic mass is 10.1. The number of nitrogens with zero attached hydrogens (tertiary/aromatic N) is 8. The van der Waals surface area contributed by atoms with Gasteiger partial charge in [0, 0.05) is 37.3 Å². The second-order valence-corrected chi connectivity index (χ2v) is 21.5. The molecule has 71 heavy (non-hydrogen) atoms. The molecule has 25 nitrogen and oxygen atoms in total. The van der Waals surface area contributed by atoms with E-state index in [0.29, 0.717) is 10.3 Å². The first kappa shape index (κ1) is 50.8. The summed E-state index contributed by atoms with van der Waals surface area (Å²) < 4.78 is 137. The number of thiol groups is 2. The van der Waals surface area contributed by atoms with Crippen LogP contribution in [0, 0.1) is 0 Å². The molecule has 0 saturated heterocycles. The average molecular weight is 1120 g/mol. The monoisotopic (exact) mass is 1120 g/mol. The smallest absolute Gasteiger partial charge is 0.297 e. The Morgan fingerprint density at radius 2 is 1.10 bits per heavy atom. The molecule has 9 N–H and O–H groups in total. The lowest BCUT2D eigenvalue weighted by molar-refractivity contribution is 0.480. The topological polar surface area (TPSA) is 388 Å². The summed E-state index contributed by atoms with van der Waals surface area (Å²) in [5.74, 6) is -1.66. The van der Waals surface area contributed by atoms with E-state index in [9.17, 15) is 57.0 Å². The van der Waals surface area contributed by atoms with E-state index < -0.39 is 76.8 Å². The number of benzene rings is 6. The number of halogens is 2. The first-order valence-electron chi connectivity index (χ1n) is 19.0. The molecule has 0 atom stereocenters. The fourth-order valence-electron chi connectivity index (χ4n) is 6.74. The van der Waals surface area contributed by atoms with E-state index in [0.717, 1.165) is 42.5 Å². The van der Waals surface area contributed by atoms with Gasteiger partial charge in [-0.2, -0.15) is 63.6 Å². The third-order valence-corrected chi connectivity index (χ3v) is 14.1. The number of hydrogen-bond donors (Lipinski definition) is 11. The Bertz CT molecular complexity index is 4050. The number of hydrogen-bond acceptors (Lipinski definition) is 23. The van der Waals surface area contributed by atoms with Crippen molar-refractivity contribution in [1.82, 2.24) is 29.9 Å². The molecule has 366 valence electrons. The highest BCUT2D eigenvalue weighted by atomic mass is 35.5. The van der Waals surface area contributed by atoms with Gasteiger partial charge in [-0.15, -0.1) is 35.5 Å². The van der Waals surface area contributed by atoms with Crippen LogP contribution in [0.3, 0.4) is 0 Å². The van der Waals surface area contributed by atoms with Crippen molar-refractivity contribution in [2.24, 2.45) is 10.2 Å². The molecule has 8 aromatic rings. The molecule has 0 aliphatic heterocycles. The predicted octanol–water partition coefficient (Wildman–Crippen LogP) is 8.33. The molecule has 0 aliphatic rings. The van der Waals surface area contributed by atoms with Crippen molar-refractivity contribution in [3.8, 4) is 5.75 Å². The zero-order valence-electron chi connectivity index (χ0n) is 34.5. The lowest BCUT2D eigenvalue weighted by Crippen LogP contribution is -2.09. The van der Waals surface area contributed by atoms with Gasteiger partial charge in [0.15, 0.2) is 5.75 Å². The van der Waals surface area contributed by atoms with Crippen molar-refractivity contribution >= 4 is 168 Å². The fraction of sp³-hybridized carbons (Fsp3) is 0. The van der Waals surface area contributed by atoms with Gasteiger partial charge in [-0.1, -0.05) is 24.3 Å². The molecule has 0 amide bonds. The van der Waals surface area contributed by atoms with Gasteiger partial charge in [-0.25, -0.2) is 0 Å². The molecule has 0 bridgehead atoms. The van der Waals surface area contributed by atoms with Gasteiger partial charge < -0.3 is 26.4 Å². The van der Waals surface area contributed by atoms with Gasteiger partial charge in [-0.3, -0.25) is 18.2 Å². The third-order valence-electron chi connectivity index (χ3n) is 9.51. The molecule has 0 spiro atoms. The number of azo groups is 1. The van der Waals surface area contributed by atoms with Crippen LogP contribution < -0.4 is 21.3 Å². The fourth-order valence-corrected chi connectivity index (χ4v) is 10.3. The molecular formula is C38H26Cl2N12O13S6. The molecule has 2 aromatic heterocycles. The predicted molar refractivity (Wildman–Crippen MR) is 263 cm³/mol. The molecule has 2 heterocycles. The van der Waals surface area contributed by atoms with Crippen LogP contribution in [0.25, 0.3) is 21.5 Å². The maximum atomic E-state index is 12.6. The molecule has 0 unspecified atom stereocenters. The van der Waals surface area contributed by atoms with E-state index in [1.54, 1.807) is 6.07 Å². The summed E-state index contributed by atoms with van der Waals surface area (Å²) in [6.07, 6.45) is 0. The van der Waals surface area contributed by atoms with Gasteiger partial charge in [0.05, 0.1) is 16.3 Å². The maximum absolute atomic E-state index is 12.6. The van der Waals surface area contributed by atoms with Gasteiger partial charge >= 0.3 is 0 Å². The Kier molecular flexibility index (Phi) is 13.7. The molecule has 0 saturated carbocycles. The zero-order valence-corrected chi connectivity index (χ0v) is 41.1. The Morgan fingerprint density at radius 3 is 1.69 bits per heavy atom. The summed E-state index contributed by atoms with van der Waals surface area (Å²) in [5, 5.41) is 29.8. The quantitative estimate of drug-likeness (QED) is 0.0277. The van der Waals surface area contributed by atoms with Crippen LogP contribution >= 0.6 is 48.5 Å². The van der Waals surface area contributed by atoms with Crippen molar-refractivity contribution < 1.29 is 57.0 Å². The van der Waals surface area contributed by atoms with Crippen molar-refractivity contribution in [3.05, 3.63) is 102 Å². The Morgan fingerprint density at radius 1 is 0.521 bits per heavy atom. The number of aromatic nitrogens is 6. The molecule has 33 heteroatoms. The van der Waals surface area contributed by atoms with Crippen molar-refractivity contribution in [3.63, 3.8) is 0 Å². The minimum absolute atomic E-state index is 0.0230. The number of rotatable bonds is 14. The number of nitrogens with one attached hydrogen (secondary N) is 4. The number of fused-ring (bicyclic) bond motifs is 2. The second kappa shape index (κ2) is 19.2. The normalized spacial score (nSPS) is 12.4. The standard InChI is InChI=1S/C38H26Cl2N12O13S6/c39-33-45-35(41-17-3-1-4-20(13-17)68(54,55)56)49-37(47-33)43-24-14-18(7-10-28(24)70(60,61)62)42-36-46-34(40)48-38(50-36)44-25-15-19(66)11-16-12-26(67)30(31(53)29(16)25)52-51-23-9-8-21-22(32(23)71(63,64)65)5-2-6-27(21)69(57,58)59/h1-15,53,66-67H,(H,54,55,56)(H,57,58,59)(H,60,61,62)(H,63,64,65)(H2,41,43,45,47,49)(H2,42,44,46,48,50)/b52-51-. The third kappa shape index (κ3) is 11.5. The van der Waals surface area contributed by atoms with E-state index in [4.69, 9.17) is 23.2 Å². The molecular weight excluding hydrogens is 1100 g/mol. The minimum atomic E-state index is -5.13. The highest BCUT2D eigenvalue weighted by Gasteiger charge is 2.25. The minimum Gasteiger partial charge on any atom is -0.505 e. The van der Waals surface area contributed by atoms with E-state index >= 15 is 0 Å². The number of aromatic hydroxyl groups is 1. The molecule has 0 fully saturated rings. The van der Waals surface area contributed by atoms with Crippen LogP contribution in [0.15, 0.2) is 131 Å². The van der Waals surface area contributed by atoms with E-state index in [1.165, 1.54) is 42.5 Å². The highest BCUT2D eigenvalue weighted by molar-refractivity contribution is 7.87. The first-order valence-corrected chi connectivity index (χ1v) is 26.4. The summed E-state index contributed by atoms with van der Waals surface area (Å²) in [6.45, 7) is 0. The van der Waals surface area contributed by atoms with E-state index in [-0.39, 0.29) is 78.6 Å². The number of phenols is 1. The van der Waals surface area contributed by atoms with Gasteiger partial charge in [0.25, 0.3) is 40.5 Å². The van der Waals surface area contributed by atoms with Crippen molar-refractivity contribution in [1.29, 1.82) is 0 Å². The summed E-state index contributed by atoms with van der Waals surface area (Å²) in [4.78, 5) is 22.2. The van der Waals surface area contributed by atoms with Crippen LogP contribution in [0.4, 0.5) is 57.9 Å². The summed E-state index contributed by atoms with van der Waals surface area (Å²) in [6, 6.07) is 18.3. The summed E-state index contributed by atoms with van der Waals surface area (Å²) >= 11 is 21.3. The Hall–Kier alpha value is -6.62. The van der Waals surface area contributed by atoms with Crippen molar-refractivity contribution in [2.75, 3.05) is 21.3 Å². The summed E-state index contributed by atoms with van der Waals surface area (Å²) in [7, 11) is -19.5. The van der Waals surface area contributed by atoms with Crippen LogP contribution in [-0.4, -0.2) is 86.9 Å². The second-order valence-electron chi connectivity index (χ2n) is 14.3. The molecule has 0 aliphatic carbocycles. The average Bonchev–Trinajstić information content (AvgIpc) is 3.24. The van der Waals surface area contributed by atoms with E-state index in [1.807, 2.05) is 0 Å². The van der Waals surface area contributed by atoms with Crippen LogP contribution in [0.1, 0.15) is 0 Å². The number of anilines is 8. The Balaban J connectivity index is 1.11. The van der Waals surface area contributed by atoms with Crippen molar-refractivity contribution in [2.45, 2.75) is 29.4 Å². The zero-order chi connectivity index (χ0) is 51.4. The highest BCUT2D eigenvalue weighted by Crippen LogP contribution is 2.46. The van der Waals surface area contributed by atoms with Crippen LogP contribution in [0.2, 0.25) is 10.6 Å². The van der Waals surface area contributed by atoms with Gasteiger partial charge in [0.2, 0.25) is 34.4 Å². The Labute approximate surface area is 420 Å². The molecule has 6 aromatic carbocycles. The maximum Gasteiger partial charge on any atom is 0.297 e. The van der Waals surface area contributed by atoms with Crippen LogP contribution in [-0.2, 0) is 40.5 Å².